The molecule has 1 amide bonds. The highest BCUT2D eigenvalue weighted by Gasteiger charge is 2.29. The summed E-state index contributed by atoms with van der Waals surface area (Å²) in [6.45, 7) is 5.91. The number of carbonyl (C=O) groups is 1. The molecule has 2 aromatic carbocycles. The van der Waals surface area contributed by atoms with Crippen LogP contribution in [0.4, 0.5) is 0 Å². The summed E-state index contributed by atoms with van der Waals surface area (Å²) in [5.41, 5.74) is 2.15. The van der Waals surface area contributed by atoms with E-state index in [1.54, 1.807) is 12.1 Å². The molecule has 1 saturated carbocycles. The third-order valence-electron chi connectivity index (χ3n) is 4.78. The third-order valence-corrected chi connectivity index (χ3v) is 6.29. The van der Waals surface area contributed by atoms with Crippen molar-refractivity contribution in [1.29, 1.82) is 0 Å². The normalized spacial score (nSPS) is 15.6. The molecule has 2 aromatic rings. The van der Waals surface area contributed by atoms with Crippen molar-refractivity contribution in [3.05, 3.63) is 65.2 Å². The van der Waals surface area contributed by atoms with Gasteiger partial charge in [0.25, 0.3) is 5.91 Å². The molecular weight excluding hydrogens is 360 g/mol. The van der Waals surface area contributed by atoms with Gasteiger partial charge in [-0.2, -0.15) is 0 Å². The summed E-state index contributed by atoms with van der Waals surface area (Å²) in [7, 11) is -3.60. The Morgan fingerprint density at radius 3 is 2.33 bits per heavy atom. The van der Waals surface area contributed by atoms with Crippen LogP contribution in [-0.4, -0.2) is 20.4 Å². The Morgan fingerprint density at radius 2 is 1.74 bits per heavy atom. The Hall–Kier alpha value is -2.18. The van der Waals surface area contributed by atoms with Crippen LogP contribution in [0, 0.1) is 12.8 Å². The van der Waals surface area contributed by atoms with Crippen LogP contribution in [0.5, 0.6) is 0 Å². The maximum absolute atomic E-state index is 12.9. The van der Waals surface area contributed by atoms with Crippen LogP contribution in [-0.2, 0) is 10.0 Å². The fourth-order valence-corrected chi connectivity index (χ4v) is 4.35. The molecule has 27 heavy (non-hydrogen) atoms. The molecule has 0 bridgehead atoms. The lowest BCUT2D eigenvalue weighted by Gasteiger charge is -2.23. The standard InChI is InChI=1S/C21H26N2O3S/c1-14(2)20(16-7-5-4-6-8-16)22-21(24)19-13-18(12-9-15(19)3)27(25,26)23-17-10-11-17/h4-9,12-14,17,20,23H,10-11H2,1-3H3,(H,22,24). The van der Waals surface area contributed by atoms with Crippen molar-refractivity contribution in [2.24, 2.45) is 5.92 Å². The number of nitrogens with one attached hydrogen (secondary N) is 2. The van der Waals surface area contributed by atoms with E-state index in [1.807, 2.05) is 51.1 Å². The molecule has 1 aliphatic carbocycles. The van der Waals surface area contributed by atoms with Crippen LogP contribution in [0.1, 0.15) is 54.2 Å². The van der Waals surface area contributed by atoms with Gasteiger partial charge in [0.15, 0.2) is 0 Å². The van der Waals surface area contributed by atoms with Gasteiger partial charge in [-0.15, -0.1) is 0 Å². The molecule has 0 heterocycles. The molecule has 0 radical (unpaired) electrons. The van der Waals surface area contributed by atoms with Gasteiger partial charge in [0, 0.05) is 11.6 Å². The lowest BCUT2D eigenvalue weighted by molar-refractivity contribution is 0.0924. The minimum absolute atomic E-state index is 0.0250. The molecule has 144 valence electrons. The predicted molar refractivity (Wildman–Crippen MR) is 106 cm³/mol. The number of hydrogen-bond acceptors (Lipinski definition) is 3. The second-order valence-corrected chi connectivity index (χ2v) is 9.19. The van der Waals surface area contributed by atoms with Gasteiger partial charge >= 0.3 is 0 Å². The quantitative estimate of drug-likeness (QED) is 0.764. The van der Waals surface area contributed by atoms with Gasteiger partial charge in [-0.1, -0.05) is 50.2 Å². The third kappa shape index (κ3) is 4.76. The fourth-order valence-electron chi connectivity index (χ4n) is 3.02. The average Bonchev–Trinajstić information content (AvgIpc) is 3.43. The summed E-state index contributed by atoms with van der Waals surface area (Å²) in [5.74, 6) is -0.0707. The topological polar surface area (TPSA) is 75.3 Å². The van der Waals surface area contributed by atoms with Gasteiger partial charge in [-0.25, -0.2) is 13.1 Å². The lowest BCUT2D eigenvalue weighted by atomic mass is 9.95. The van der Waals surface area contributed by atoms with E-state index < -0.39 is 10.0 Å². The van der Waals surface area contributed by atoms with E-state index in [9.17, 15) is 13.2 Å². The Balaban J connectivity index is 1.86. The Morgan fingerprint density at radius 1 is 1.07 bits per heavy atom. The summed E-state index contributed by atoms with van der Waals surface area (Å²) in [4.78, 5) is 13.1. The van der Waals surface area contributed by atoms with Crippen LogP contribution in [0.15, 0.2) is 53.4 Å². The van der Waals surface area contributed by atoms with E-state index in [0.717, 1.165) is 24.0 Å². The molecule has 2 N–H and O–H groups in total. The van der Waals surface area contributed by atoms with E-state index >= 15 is 0 Å². The minimum Gasteiger partial charge on any atom is -0.345 e. The highest BCUT2D eigenvalue weighted by atomic mass is 32.2. The molecule has 1 fully saturated rings. The molecule has 3 rings (SSSR count). The predicted octanol–water partition coefficient (Wildman–Crippen LogP) is 3.56. The van der Waals surface area contributed by atoms with E-state index in [2.05, 4.69) is 10.0 Å². The second kappa shape index (κ2) is 7.82. The van der Waals surface area contributed by atoms with E-state index in [-0.39, 0.29) is 28.8 Å². The summed E-state index contributed by atoms with van der Waals surface area (Å²) in [6.07, 6.45) is 1.73. The van der Waals surface area contributed by atoms with E-state index in [4.69, 9.17) is 0 Å². The van der Waals surface area contributed by atoms with Gasteiger partial charge in [0.05, 0.1) is 10.9 Å². The van der Waals surface area contributed by atoms with Crippen molar-refractivity contribution in [3.8, 4) is 0 Å². The highest BCUT2D eigenvalue weighted by Crippen LogP contribution is 2.25. The first-order chi connectivity index (χ1) is 12.8. The maximum atomic E-state index is 12.9. The molecule has 0 saturated heterocycles. The number of hydrogen-bond donors (Lipinski definition) is 2. The molecule has 6 heteroatoms. The zero-order chi connectivity index (χ0) is 19.6. The van der Waals surface area contributed by atoms with Crippen molar-refractivity contribution in [3.63, 3.8) is 0 Å². The van der Waals surface area contributed by atoms with Crippen LogP contribution >= 0.6 is 0 Å². The first-order valence-corrected chi connectivity index (χ1v) is 10.7. The minimum atomic E-state index is -3.60. The van der Waals surface area contributed by atoms with Crippen molar-refractivity contribution >= 4 is 15.9 Å². The molecule has 1 unspecified atom stereocenters. The maximum Gasteiger partial charge on any atom is 0.252 e. The smallest absolute Gasteiger partial charge is 0.252 e. The van der Waals surface area contributed by atoms with Crippen LogP contribution in [0.2, 0.25) is 0 Å². The van der Waals surface area contributed by atoms with Crippen molar-refractivity contribution in [2.75, 3.05) is 0 Å². The van der Waals surface area contributed by atoms with Gasteiger partial charge in [0.1, 0.15) is 0 Å². The van der Waals surface area contributed by atoms with Crippen LogP contribution < -0.4 is 10.0 Å². The summed E-state index contributed by atoms with van der Waals surface area (Å²) in [5, 5.41) is 3.07. The van der Waals surface area contributed by atoms with Gasteiger partial charge in [-0.05, 0) is 48.9 Å². The van der Waals surface area contributed by atoms with Crippen LogP contribution in [0.3, 0.4) is 0 Å². The fraction of sp³-hybridized carbons (Fsp3) is 0.381. The monoisotopic (exact) mass is 386 g/mol. The number of amides is 1. The zero-order valence-corrected chi connectivity index (χ0v) is 16.7. The van der Waals surface area contributed by atoms with Gasteiger partial charge in [-0.3, -0.25) is 4.79 Å². The van der Waals surface area contributed by atoms with Crippen molar-refractivity contribution < 1.29 is 13.2 Å². The summed E-state index contributed by atoms with van der Waals surface area (Å²) < 4.78 is 27.6. The molecule has 1 atom stereocenters. The molecular formula is C21H26N2O3S. The molecule has 5 nitrogen and oxygen atoms in total. The van der Waals surface area contributed by atoms with Crippen LogP contribution in [0.25, 0.3) is 0 Å². The number of benzene rings is 2. The van der Waals surface area contributed by atoms with Crippen molar-refractivity contribution in [1.82, 2.24) is 10.0 Å². The van der Waals surface area contributed by atoms with Gasteiger partial charge < -0.3 is 5.32 Å². The Bertz CT molecular complexity index is 920. The molecule has 0 aromatic heterocycles. The summed E-state index contributed by atoms with van der Waals surface area (Å²) in [6, 6.07) is 14.4. The zero-order valence-electron chi connectivity index (χ0n) is 15.9. The Labute approximate surface area is 161 Å². The first kappa shape index (κ1) is 19.6. The van der Waals surface area contributed by atoms with Crippen molar-refractivity contribution in [2.45, 2.75) is 50.6 Å². The van der Waals surface area contributed by atoms with E-state index in [0.29, 0.717) is 5.56 Å². The Kier molecular flexibility index (Phi) is 5.67. The van der Waals surface area contributed by atoms with E-state index in [1.165, 1.54) is 6.07 Å². The van der Waals surface area contributed by atoms with Gasteiger partial charge in [0.2, 0.25) is 10.0 Å². The summed E-state index contributed by atoms with van der Waals surface area (Å²) >= 11 is 0. The lowest BCUT2D eigenvalue weighted by Crippen LogP contribution is -2.32. The molecule has 1 aliphatic rings. The highest BCUT2D eigenvalue weighted by molar-refractivity contribution is 7.89. The largest absolute Gasteiger partial charge is 0.345 e. The number of aryl methyl sites for hydroxylation is 1. The SMILES string of the molecule is Cc1ccc(S(=O)(=O)NC2CC2)cc1C(=O)NC(c1ccccc1)C(C)C. The molecule has 0 spiro atoms. The first-order valence-electron chi connectivity index (χ1n) is 9.26. The number of sulfonamides is 1. The number of carbonyl (C=O) groups excluding carboxylic acids is 1. The second-order valence-electron chi connectivity index (χ2n) is 7.48. The average molecular weight is 387 g/mol. The number of rotatable bonds is 7. The molecule has 0 aliphatic heterocycles.